The third-order valence-electron chi connectivity index (χ3n) is 5.84. The van der Waals surface area contributed by atoms with E-state index in [1.807, 2.05) is 65.6 Å². The predicted octanol–water partition coefficient (Wildman–Crippen LogP) is 4.48. The van der Waals surface area contributed by atoms with Gasteiger partial charge in [-0.3, -0.25) is 9.59 Å². The first-order chi connectivity index (χ1) is 17.5. The fourth-order valence-corrected chi connectivity index (χ4v) is 5.30. The number of hydrogen-bond acceptors (Lipinski definition) is 8. The Balaban J connectivity index is 1.67. The van der Waals surface area contributed by atoms with Gasteiger partial charge >= 0.3 is 11.9 Å². The van der Waals surface area contributed by atoms with Crippen molar-refractivity contribution in [3.8, 4) is 0 Å². The average molecular weight is 508 g/mol. The van der Waals surface area contributed by atoms with Crippen molar-refractivity contribution in [3.05, 3.63) is 76.8 Å². The lowest BCUT2D eigenvalue weighted by molar-refractivity contribution is -0.142. The van der Waals surface area contributed by atoms with E-state index in [9.17, 15) is 14.4 Å². The van der Waals surface area contributed by atoms with Crippen molar-refractivity contribution in [1.29, 1.82) is 0 Å². The molecule has 8 nitrogen and oxygen atoms in total. The number of likely N-dealkylation sites (tertiary alicyclic amines) is 1. The van der Waals surface area contributed by atoms with Gasteiger partial charge in [-0.25, -0.2) is 9.78 Å². The largest absolute Gasteiger partial charge is 0.466 e. The van der Waals surface area contributed by atoms with E-state index in [4.69, 9.17) is 14.5 Å². The highest BCUT2D eigenvalue weighted by Crippen LogP contribution is 2.37. The summed E-state index contributed by atoms with van der Waals surface area (Å²) in [7, 11) is 0. The van der Waals surface area contributed by atoms with Crippen molar-refractivity contribution < 1.29 is 23.9 Å². The number of esters is 2. The molecule has 36 heavy (non-hydrogen) atoms. The first kappa shape index (κ1) is 25.4. The second-order valence-corrected chi connectivity index (χ2v) is 9.22. The monoisotopic (exact) mass is 507 g/mol. The lowest BCUT2D eigenvalue weighted by Gasteiger charge is -2.29. The summed E-state index contributed by atoms with van der Waals surface area (Å²) in [5.41, 5.74) is 1.88. The molecule has 0 aliphatic carbocycles. The lowest BCUT2D eigenvalue weighted by atomic mass is 10.2. The maximum absolute atomic E-state index is 13.1. The van der Waals surface area contributed by atoms with Gasteiger partial charge in [-0.1, -0.05) is 47.7 Å². The number of carbonyl (C=O) groups is 3. The van der Waals surface area contributed by atoms with Crippen molar-refractivity contribution >= 4 is 40.0 Å². The topological polar surface area (TPSA) is 89.0 Å². The quantitative estimate of drug-likeness (QED) is 0.395. The number of ether oxygens (including phenoxy) is 2. The van der Waals surface area contributed by atoms with Gasteiger partial charge in [0, 0.05) is 24.3 Å². The SMILES string of the molecule is CCOC(=O)Cc1nc(N(c2ccccc2)C2CCN(C(=O)c3ccccc3)C2)sc1C(=O)OCC. The second kappa shape index (κ2) is 11.8. The smallest absolute Gasteiger partial charge is 0.350 e. The van der Waals surface area contributed by atoms with Gasteiger partial charge in [0.05, 0.1) is 31.4 Å². The van der Waals surface area contributed by atoms with E-state index in [0.29, 0.717) is 29.5 Å². The highest BCUT2D eigenvalue weighted by molar-refractivity contribution is 7.17. The summed E-state index contributed by atoms with van der Waals surface area (Å²) < 4.78 is 10.3. The number of para-hydroxylation sites is 1. The molecule has 9 heteroatoms. The van der Waals surface area contributed by atoms with Gasteiger partial charge in [0.25, 0.3) is 5.91 Å². The molecule has 1 saturated heterocycles. The molecular weight excluding hydrogens is 478 g/mol. The average Bonchev–Trinajstić information content (AvgIpc) is 3.53. The van der Waals surface area contributed by atoms with Crippen LogP contribution in [-0.2, 0) is 20.7 Å². The number of nitrogens with zero attached hydrogens (tertiary/aromatic N) is 3. The molecule has 188 valence electrons. The van der Waals surface area contributed by atoms with Crippen molar-refractivity contribution in [2.24, 2.45) is 0 Å². The highest BCUT2D eigenvalue weighted by atomic mass is 32.1. The molecule has 1 aromatic heterocycles. The third-order valence-corrected chi connectivity index (χ3v) is 6.92. The second-order valence-electron chi connectivity index (χ2n) is 8.24. The minimum Gasteiger partial charge on any atom is -0.466 e. The Hall–Kier alpha value is -3.72. The fourth-order valence-electron chi connectivity index (χ4n) is 4.23. The number of benzene rings is 2. The summed E-state index contributed by atoms with van der Waals surface area (Å²) in [6, 6.07) is 18.9. The molecule has 4 rings (SSSR count). The number of amides is 1. The molecule has 0 radical (unpaired) electrons. The molecule has 0 bridgehead atoms. The van der Waals surface area contributed by atoms with Gasteiger partial charge in [-0.2, -0.15) is 0 Å². The Bertz CT molecular complexity index is 1200. The first-order valence-electron chi connectivity index (χ1n) is 12.0. The summed E-state index contributed by atoms with van der Waals surface area (Å²) in [5.74, 6) is -0.979. The Morgan fingerprint density at radius 1 is 1.00 bits per heavy atom. The van der Waals surface area contributed by atoms with Crippen LogP contribution in [0.3, 0.4) is 0 Å². The normalized spacial score (nSPS) is 14.9. The van der Waals surface area contributed by atoms with Crippen molar-refractivity contribution in [2.75, 3.05) is 31.2 Å². The number of carbonyl (C=O) groups excluding carboxylic acids is 3. The van der Waals surface area contributed by atoms with E-state index in [1.165, 1.54) is 11.3 Å². The van der Waals surface area contributed by atoms with Crippen LogP contribution < -0.4 is 4.90 Å². The molecule has 1 unspecified atom stereocenters. The van der Waals surface area contributed by atoms with Crippen molar-refractivity contribution in [3.63, 3.8) is 0 Å². The maximum atomic E-state index is 13.1. The van der Waals surface area contributed by atoms with Crippen LogP contribution in [0.5, 0.6) is 0 Å². The van der Waals surface area contributed by atoms with E-state index in [0.717, 1.165) is 12.1 Å². The summed E-state index contributed by atoms with van der Waals surface area (Å²) in [4.78, 5) is 46.9. The van der Waals surface area contributed by atoms with Crippen LogP contribution in [0.2, 0.25) is 0 Å². The van der Waals surface area contributed by atoms with Gasteiger partial charge in [-0.15, -0.1) is 0 Å². The third kappa shape index (κ3) is 5.73. The molecule has 0 saturated carbocycles. The molecule has 0 N–H and O–H groups in total. The van der Waals surface area contributed by atoms with Crippen LogP contribution in [0.1, 0.15) is 46.0 Å². The molecule has 0 spiro atoms. The Morgan fingerprint density at radius 3 is 2.33 bits per heavy atom. The number of rotatable bonds is 9. The van der Waals surface area contributed by atoms with Gasteiger partial charge < -0.3 is 19.3 Å². The zero-order chi connectivity index (χ0) is 25.5. The fraction of sp³-hybridized carbons (Fsp3) is 0.333. The summed E-state index contributed by atoms with van der Waals surface area (Å²) in [5, 5.41) is 0.572. The zero-order valence-electron chi connectivity index (χ0n) is 20.4. The van der Waals surface area contributed by atoms with Gasteiger partial charge in [0.15, 0.2) is 5.13 Å². The summed E-state index contributed by atoms with van der Waals surface area (Å²) in [6.07, 6.45) is 0.611. The van der Waals surface area contributed by atoms with Crippen LogP contribution in [0.25, 0.3) is 0 Å². The minimum absolute atomic E-state index is 0.0135. The van der Waals surface area contributed by atoms with E-state index in [1.54, 1.807) is 13.8 Å². The molecule has 1 aliphatic heterocycles. The summed E-state index contributed by atoms with van der Waals surface area (Å²) in [6.45, 7) is 5.03. The van der Waals surface area contributed by atoms with Crippen LogP contribution in [0.15, 0.2) is 60.7 Å². The van der Waals surface area contributed by atoms with Crippen molar-refractivity contribution in [2.45, 2.75) is 32.7 Å². The van der Waals surface area contributed by atoms with Crippen LogP contribution in [0, 0.1) is 0 Å². The number of anilines is 2. The predicted molar refractivity (Wildman–Crippen MR) is 138 cm³/mol. The van der Waals surface area contributed by atoms with Gasteiger partial charge in [-0.05, 0) is 44.5 Å². The van der Waals surface area contributed by atoms with Gasteiger partial charge in [0.1, 0.15) is 4.88 Å². The number of hydrogen-bond donors (Lipinski definition) is 0. The summed E-state index contributed by atoms with van der Waals surface area (Å²) >= 11 is 1.19. The van der Waals surface area contributed by atoms with E-state index < -0.39 is 11.9 Å². The Morgan fingerprint density at radius 2 is 1.67 bits per heavy atom. The standard InChI is InChI=1S/C27H29N3O5S/c1-3-34-23(31)17-22-24(26(33)35-4-2)36-27(28-22)30(20-13-9-6-10-14-20)21-15-16-29(18-21)25(32)19-11-7-5-8-12-19/h5-14,21H,3-4,15-18H2,1-2H3. The van der Waals surface area contributed by atoms with Crippen LogP contribution >= 0.6 is 11.3 Å². The molecule has 3 aromatic rings. The molecule has 2 heterocycles. The molecule has 1 fully saturated rings. The van der Waals surface area contributed by atoms with Crippen molar-refractivity contribution in [1.82, 2.24) is 9.88 Å². The lowest BCUT2D eigenvalue weighted by Crippen LogP contribution is -2.36. The molecule has 2 aromatic carbocycles. The van der Waals surface area contributed by atoms with E-state index >= 15 is 0 Å². The molecule has 1 amide bonds. The first-order valence-corrected chi connectivity index (χ1v) is 12.8. The molecule has 1 atom stereocenters. The van der Waals surface area contributed by atoms with Crippen LogP contribution in [0.4, 0.5) is 10.8 Å². The Kier molecular flexibility index (Phi) is 8.32. The molecular formula is C27H29N3O5S. The highest BCUT2D eigenvalue weighted by Gasteiger charge is 2.34. The van der Waals surface area contributed by atoms with Crippen LogP contribution in [-0.4, -0.2) is 60.1 Å². The number of thiazole rings is 1. The maximum Gasteiger partial charge on any atom is 0.350 e. The van der Waals surface area contributed by atoms with E-state index in [2.05, 4.69) is 4.90 Å². The molecule has 1 aliphatic rings. The van der Waals surface area contributed by atoms with Gasteiger partial charge in [0.2, 0.25) is 0 Å². The minimum atomic E-state index is -0.513. The van der Waals surface area contributed by atoms with E-state index in [-0.39, 0.29) is 36.5 Å². The number of aromatic nitrogens is 1. The zero-order valence-corrected chi connectivity index (χ0v) is 21.2. The Labute approximate surface area is 214 Å².